The molecule has 0 spiro atoms. The molecule has 1 aliphatic heterocycles. The molecule has 0 saturated carbocycles. The van der Waals surface area contributed by atoms with Crippen molar-refractivity contribution in [3.8, 4) is 0 Å². The van der Waals surface area contributed by atoms with Crippen LogP contribution in [0.3, 0.4) is 0 Å². The number of hydrogen-bond donors (Lipinski definition) is 3. The minimum absolute atomic E-state index is 0.0513. The van der Waals surface area contributed by atoms with Gasteiger partial charge in [-0.25, -0.2) is 14.4 Å². The zero-order chi connectivity index (χ0) is 26.3. The molecule has 3 aromatic rings. The van der Waals surface area contributed by atoms with Crippen LogP contribution in [0.4, 0.5) is 24.7 Å². The fraction of sp³-hybridized carbons (Fsp3) is 0.481. The second kappa shape index (κ2) is 10.1. The van der Waals surface area contributed by atoms with E-state index in [0.29, 0.717) is 31.3 Å². The van der Waals surface area contributed by atoms with E-state index in [1.165, 1.54) is 17.7 Å². The minimum atomic E-state index is -3.68. The highest BCUT2D eigenvalue weighted by molar-refractivity contribution is 5.96. The summed E-state index contributed by atoms with van der Waals surface area (Å²) >= 11 is 0. The zero-order valence-corrected chi connectivity index (χ0v) is 20.9. The van der Waals surface area contributed by atoms with Crippen molar-refractivity contribution in [1.29, 1.82) is 0 Å². The third kappa shape index (κ3) is 4.73. The van der Waals surface area contributed by atoms with Crippen LogP contribution in [-0.2, 0) is 23.5 Å². The van der Waals surface area contributed by atoms with E-state index in [1.54, 1.807) is 13.8 Å². The molecule has 3 N–H and O–H groups in total. The summed E-state index contributed by atoms with van der Waals surface area (Å²) in [4.78, 5) is 11.6. The number of anilines is 2. The Kier molecular flexibility index (Phi) is 6.99. The predicted octanol–water partition coefficient (Wildman–Crippen LogP) is 4.02. The van der Waals surface area contributed by atoms with Gasteiger partial charge in [0.25, 0.3) is 5.92 Å². The van der Waals surface area contributed by atoms with Crippen LogP contribution in [0.1, 0.15) is 47.5 Å². The number of fused-ring (bicyclic) bond motifs is 3. The number of alkyl halides is 2. The molecule has 0 radical (unpaired) electrons. The molecule has 2 aliphatic rings. The maximum absolute atomic E-state index is 15.2. The molecule has 1 fully saturated rings. The van der Waals surface area contributed by atoms with E-state index in [2.05, 4.69) is 15.2 Å². The van der Waals surface area contributed by atoms with Gasteiger partial charge in [-0.3, -0.25) is 0 Å². The lowest BCUT2D eigenvalue weighted by Crippen LogP contribution is -2.44. The highest BCUT2D eigenvalue weighted by Crippen LogP contribution is 2.40. The second-order valence-electron chi connectivity index (χ2n) is 9.78. The molecular weight excluding hydrogens is 485 g/mol. The number of benzene rings is 2. The van der Waals surface area contributed by atoms with E-state index in [0.717, 1.165) is 47.5 Å². The Labute approximate surface area is 213 Å². The van der Waals surface area contributed by atoms with Crippen LogP contribution in [0.15, 0.2) is 24.3 Å². The molecule has 1 aromatic heterocycles. The van der Waals surface area contributed by atoms with Gasteiger partial charge in [0.05, 0.1) is 36.4 Å². The number of hydrogen-bond acceptors (Lipinski definition) is 7. The van der Waals surface area contributed by atoms with Crippen LogP contribution in [0.2, 0.25) is 0 Å². The lowest BCUT2D eigenvalue weighted by atomic mass is 9.99. The number of ether oxygens (including phenoxy) is 1. The van der Waals surface area contributed by atoms with E-state index < -0.39 is 30.0 Å². The number of morpholine rings is 1. The molecule has 10 heteroatoms. The summed E-state index contributed by atoms with van der Waals surface area (Å²) in [5.74, 6) is -3.69. The Bertz CT molecular complexity index is 1320. The standard InChI is InChI=1S/C27H31F3N4O3/c1-15(18-5-4-8-22(24(18)28)27(29,30)14-36)31-26-21-11-23(34-9-10-37-17(12-34)13-35)19-6-3-7-20(19)25(21)32-16(2)33-26/h4-5,8,11,15,17,35-36H,3,6-7,9-10,12-14H2,1-2H3,(H,31,32,33)/t15-,17?/m1/s1. The highest BCUT2D eigenvalue weighted by atomic mass is 19.3. The molecule has 37 heavy (non-hydrogen) atoms. The molecule has 198 valence electrons. The van der Waals surface area contributed by atoms with Gasteiger partial charge in [-0.2, -0.15) is 8.78 Å². The Morgan fingerprint density at radius 2 is 2.00 bits per heavy atom. The molecule has 2 heterocycles. The fourth-order valence-electron chi connectivity index (χ4n) is 5.44. The maximum atomic E-state index is 15.2. The molecule has 0 bridgehead atoms. The Morgan fingerprint density at radius 1 is 1.22 bits per heavy atom. The van der Waals surface area contributed by atoms with Gasteiger partial charge in [0.1, 0.15) is 24.1 Å². The molecule has 1 aliphatic carbocycles. The number of nitrogens with one attached hydrogen (secondary N) is 1. The first-order chi connectivity index (χ1) is 17.7. The van der Waals surface area contributed by atoms with Crippen molar-refractivity contribution in [2.24, 2.45) is 0 Å². The van der Waals surface area contributed by atoms with E-state index >= 15 is 4.39 Å². The first-order valence-electron chi connectivity index (χ1n) is 12.6. The number of aryl methyl sites for hydroxylation is 2. The second-order valence-corrected chi connectivity index (χ2v) is 9.78. The van der Waals surface area contributed by atoms with Gasteiger partial charge in [0.2, 0.25) is 0 Å². The van der Waals surface area contributed by atoms with Crippen molar-refractivity contribution in [2.75, 3.05) is 43.1 Å². The first-order valence-corrected chi connectivity index (χ1v) is 12.6. The van der Waals surface area contributed by atoms with Gasteiger partial charge >= 0.3 is 0 Å². The number of halogens is 3. The van der Waals surface area contributed by atoms with Crippen LogP contribution >= 0.6 is 0 Å². The largest absolute Gasteiger partial charge is 0.394 e. The van der Waals surface area contributed by atoms with E-state index in [-0.39, 0.29) is 18.3 Å². The number of nitrogens with zero attached hydrogens (tertiary/aromatic N) is 3. The summed E-state index contributed by atoms with van der Waals surface area (Å²) < 4.78 is 49.0. The van der Waals surface area contributed by atoms with Gasteiger partial charge in [-0.15, -0.1) is 0 Å². The van der Waals surface area contributed by atoms with Crippen molar-refractivity contribution < 1.29 is 28.1 Å². The van der Waals surface area contributed by atoms with Crippen molar-refractivity contribution in [3.63, 3.8) is 0 Å². The molecule has 1 saturated heterocycles. The van der Waals surface area contributed by atoms with Crippen molar-refractivity contribution in [1.82, 2.24) is 9.97 Å². The first kappa shape index (κ1) is 25.7. The smallest absolute Gasteiger partial charge is 0.298 e. The lowest BCUT2D eigenvalue weighted by molar-refractivity contribution is -0.0583. The number of aromatic nitrogens is 2. The lowest BCUT2D eigenvalue weighted by Gasteiger charge is -2.35. The number of aliphatic hydroxyl groups excluding tert-OH is 2. The fourth-order valence-corrected chi connectivity index (χ4v) is 5.44. The van der Waals surface area contributed by atoms with Crippen LogP contribution < -0.4 is 10.2 Å². The van der Waals surface area contributed by atoms with Crippen molar-refractivity contribution in [2.45, 2.75) is 51.2 Å². The third-order valence-corrected chi connectivity index (χ3v) is 7.28. The van der Waals surface area contributed by atoms with Gasteiger partial charge in [0.15, 0.2) is 0 Å². The van der Waals surface area contributed by atoms with Gasteiger partial charge in [0, 0.05) is 29.7 Å². The summed E-state index contributed by atoms with van der Waals surface area (Å²) in [7, 11) is 0. The van der Waals surface area contributed by atoms with E-state index in [4.69, 9.17) is 14.8 Å². The zero-order valence-electron chi connectivity index (χ0n) is 20.9. The average molecular weight is 517 g/mol. The molecular formula is C27H31F3N4O3. The maximum Gasteiger partial charge on any atom is 0.298 e. The minimum Gasteiger partial charge on any atom is -0.394 e. The third-order valence-electron chi connectivity index (χ3n) is 7.28. The molecule has 5 rings (SSSR count). The van der Waals surface area contributed by atoms with Crippen molar-refractivity contribution >= 4 is 22.4 Å². The molecule has 2 aromatic carbocycles. The summed E-state index contributed by atoms with van der Waals surface area (Å²) in [5.41, 5.74) is 3.52. The van der Waals surface area contributed by atoms with E-state index in [9.17, 15) is 13.9 Å². The topological polar surface area (TPSA) is 90.7 Å². The summed E-state index contributed by atoms with van der Waals surface area (Å²) in [5, 5.41) is 22.7. The van der Waals surface area contributed by atoms with Crippen molar-refractivity contribution in [3.05, 3.63) is 58.2 Å². The molecule has 7 nitrogen and oxygen atoms in total. The van der Waals surface area contributed by atoms with Crippen LogP contribution in [0.5, 0.6) is 0 Å². The quantitative estimate of drug-likeness (QED) is 0.437. The highest BCUT2D eigenvalue weighted by Gasteiger charge is 2.35. The normalized spacial score (nSPS) is 18.8. The van der Waals surface area contributed by atoms with Gasteiger partial charge in [-0.1, -0.05) is 12.1 Å². The molecule has 0 amide bonds. The SMILES string of the molecule is Cc1nc(N[C@H](C)c2cccc(C(F)(F)CO)c2F)c2cc(N3CCOC(CO)C3)c3c(c2n1)CCC3. The Hall–Kier alpha value is -2.95. The summed E-state index contributed by atoms with van der Waals surface area (Å²) in [6.07, 6.45) is 2.56. The monoisotopic (exact) mass is 516 g/mol. The van der Waals surface area contributed by atoms with Gasteiger partial charge in [-0.05, 0) is 56.4 Å². The summed E-state index contributed by atoms with van der Waals surface area (Å²) in [6, 6.07) is 5.15. The van der Waals surface area contributed by atoms with Crippen LogP contribution in [0.25, 0.3) is 10.9 Å². The number of aliphatic hydroxyl groups is 2. The Balaban J connectivity index is 1.57. The molecule has 1 unspecified atom stereocenters. The van der Waals surface area contributed by atoms with Crippen LogP contribution in [0, 0.1) is 12.7 Å². The summed E-state index contributed by atoms with van der Waals surface area (Å²) in [6.45, 7) is 3.72. The molecule has 2 atom stereocenters. The predicted molar refractivity (Wildman–Crippen MR) is 135 cm³/mol. The van der Waals surface area contributed by atoms with Gasteiger partial charge < -0.3 is 25.2 Å². The average Bonchev–Trinajstić information content (AvgIpc) is 3.39. The van der Waals surface area contributed by atoms with Crippen LogP contribution in [-0.4, -0.2) is 59.2 Å². The van der Waals surface area contributed by atoms with E-state index in [1.807, 2.05) is 6.07 Å². The number of rotatable bonds is 7. The Morgan fingerprint density at radius 3 is 2.76 bits per heavy atom.